The molecule has 1 saturated heterocycles. The zero-order chi connectivity index (χ0) is 44.8. The van der Waals surface area contributed by atoms with E-state index in [1.165, 1.54) is 167 Å². The van der Waals surface area contributed by atoms with Crippen LogP contribution in [0.15, 0.2) is 0 Å². The van der Waals surface area contributed by atoms with Crippen LogP contribution in [0, 0.1) is 0 Å². The highest BCUT2D eigenvalue weighted by atomic mass is 32.3. The number of nitrogens with one attached hydrogen (secondary N) is 1. The van der Waals surface area contributed by atoms with Gasteiger partial charge in [-0.15, -0.1) is 0 Å². The molecule has 1 heterocycles. The SMILES string of the molecule is CCCCCCCCCCCCCCCCCCCCCCC(O)C(COC1OC(CO)C(O)C(OS(=O)(=O)O)C1O)NC(=O)CCCCCCCCCCCCCCCC. The summed E-state index contributed by atoms with van der Waals surface area (Å²) in [6.45, 7) is 3.47. The molecule has 13 heteroatoms. The van der Waals surface area contributed by atoms with Gasteiger partial charge >= 0.3 is 10.4 Å². The first-order valence-electron chi connectivity index (χ1n) is 25.4. The fourth-order valence-corrected chi connectivity index (χ4v) is 8.97. The smallest absolute Gasteiger partial charge is 0.394 e. The Labute approximate surface area is 373 Å². The summed E-state index contributed by atoms with van der Waals surface area (Å²) in [5.41, 5.74) is 0. The molecule has 61 heavy (non-hydrogen) atoms. The van der Waals surface area contributed by atoms with Crippen LogP contribution in [0.2, 0.25) is 0 Å². The second-order valence-electron chi connectivity index (χ2n) is 18.1. The molecule has 7 atom stereocenters. The van der Waals surface area contributed by atoms with E-state index in [2.05, 4.69) is 23.3 Å². The predicted molar refractivity (Wildman–Crippen MR) is 246 cm³/mol. The zero-order valence-electron chi connectivity index (χ0n) is 39.0. The first-order chi connectivity index (χ1) is 29.5. The molecule has 0 aliphatic carbocycles. The summed E-state index contributed by atoms with van der Waals surface area (Å²) in [6.07, 6.45) is 33.8. The van der Waals surface area contributed by atoms with Gasteiger partial charge < -0.3 is 35.2 Å². The number of hydrogen-bond acceptors (Lipinski definition) is 10. The van der Waals surface area contributed by atoms with Crippen molar-refractivity contribution in [1.82, 2.24) is 5.32 Å². The van der Waals surface area contributed by atoms with Gasteiger partial charge in [0, 0.05) is 6.42 Å². The minimum absolute atomic E-state index is 0.226. The summed E-state index contributed by atoms with van der Waals surface area (Å²) in [4.78, 5) is 13.1. The standard InChI is InChI=1S/C48H95NO11S/c1-3-5-7-9-11-13-15-17-19-20-21-22-23-24-25-27-29-31-33-35-37-42(51)41(40-58-48-46(54)47(60-61(55,56)57)45(53)43(39-50)59-48)49-44(52)38-36-34-32-30-28-26-18-16-14-12-10-8-6-4-2/h41-43,45-48,50-51,53-54H,3-40H2,1-2H3,(H,49,52)(H,55,56,57). The minimum atomic E-state index is -5.07. The van der Waals surface area contributed by atoms with Gasteiger partial charge in [-0.3, -0.25) is 9.35 Å². The molecule has 0 aromatic heterocycles. The molecule has 0 bridgehead atoms. The normalized spacial score (nSPS) is 20.5. The average molecular weight is 894 g/mol. The number of rotatable bonds is 44. The molecule has 0 aromatic carbocycles. The Balaban J connectivity index is 2.42. The van der Waals surface area contributed by atoms with E-state index in [0.29, 0.717) is 12.8 Å². The van der Waals surface area contributed by atoms with Crippen molar-refractivity contribution in [3.8, 4) is 0 Å². The molecular weight excluding hydrogens is 799 g/mol. The molecule has 0 saturated carbocycles. The van der Waals surface area contributed by atoms with Gasteiger partial charge in [0.15, 0.2) is 6.29 Å². The Morgan fingerprint density at radius 1 is 0.590 bits per heavy atom. The molecule has 1 rings (SSSR count). The maximum atomic E-state index is 13.1. The van der Waals surface area contributed by atoms with Crippen molar-refractivity contribution in [3.63, 3.8) is 0 Å². The van der Waals surface area contributed by atoms with Gasteiger partial charge in [0.25, 0.3) is 0 Å². The van der Waals surface area contributed by atoms with Gasteiger partial charge in [-0.05, 0) is 12.8 Å². The molecule has 0 aromatic rings. The fraction of sp³-hybridized carbons (Fsp3) is 0.979. The van der Waals surface area contributed by atoms with Crippen molar-refractivity contribution in [2.45, 2.75) is 288 Å². The summed E-state index contributed by atoms with van der Waals surface area (Å²) in [7, 11) is -5.07. The second kappa shape index (κ2) is 39.5. The highest BCUT2D eigenvalue weighted by Gasteiger charge is 2.48. The zero-order valence-corrected chi connectivity index (χ0v) is 39.8. The fourth-order valence-electron chi connectivity index (χ4n) is 8.46. The molecule has 0 spiro atoms. The Bertz CT molecular complexity index is 1100. The number of aliphatic hydroxyl groups excluding tert-OH is 4. The number of unbranched alkanes of at least 4 members (excludes halogenated alkanes) is 32. The Kier molecular flexibility index (Phi) is 37.6. The van der Waals surface area contributed by atoms with Crippen LogP contribution in [0.5, 0.6) is 0 Å². The lowest BCUT2D eigenvalue weighted by Gasteiger charge is -2.41. The van der Waals surface area contributed by atoms with E-state index in [1.807, 2.05) is 0 Å². The molecule has 364 valence electrons. The molecular formula is C48H95NO11S. The summed E-state index contributed by atoms with van der Waals surface area (Å²) >= 11 is 0. The lowest BCUT2D eigenvalue weighted by molar-refractivity contribution is -0.298. The van der Waals surface area contributed by atoms with Crippen LogP contribution in [-0.2, 0) is 28.9 Å². The Morgan fingerprint density at radius 2 is 0.951 bits per heavy atom. The van der Waals surface area contributed by atoms with Gasteiger partial charge in [-0.2, -0.15) is 8.42 Å². The highest BCUT2D eigenvalue weighted by molar-refractivity contribution is 7.80. The molecule has 1 fully saturated rings. The third-order valence-corrected chi connectivity index (χ3v) is 12.9. The maximum absolute atomic E-state index is 13.1. The van der Waals surface area contributed by atoms with Crippen molar-refractivity contribution >= 4 is 16.3 Å². The van der Waals surface area contributed by atoms with Crippen molar-refractivity contribution in [1.29, 1.82) is 0 Å². The molecule has 0 radical (unpaired) electrons. The highest BCUT2D eigenvalue weighted by Crippen LogP contribution is 2.26. The Morgan fingerprint density at radius 3 is 1.31 bits per heavy atom. The van der Waals surface area contributed by atoms with Crippen LogP contribution in [0.1, 0.15) is 245 Å². The van der Waals surface area contributed by atoms with E-state index in [4.69, 9.17) is 9.47 Å². The number of carbonyl (C=O) groups excluding carboxylic acids is 1. The van der Waals surface area contributed by atoms with Crippen LogP contribution in [0.25, 0.3) is 0 Å². The summed E-state index contributed by atoms with van der Waals surface area (Å²) in [5.74, 6) is -0.226. The quantitative estimate of drug-likeness (QED) is 0.0252. The van der Waals surface area contributed by atoms with Gasteiger partial charge in [-0.25, -0.2) is 4.18 Å². The van der Waals surface area contributed by atoms with Gasteiger partial charge in [-0.1, -0.05) is 226 Å². The monoisotopic (exact) mass is 894 g/mol. The number of ether oxygens (including phenoxy) is 2. The number of aliphatic hydroxyl groups is 4. The van der Waals surface area contributed by atoms with E-state index < -0.39 is 59.9 Å². The molecule has 12 nitrogen and oxygen atoms in total. The van der Waals surface area contributed by atoms with Gasteiger partial charge in [0.1, 0.15) is 24.4 Å². The maximum Gasteiger partial charge on any atom is 0.397 e. The van der Waals surface area contributed by atoms with Crippen molar-refractivity contribution in [2.75, 3.05) is 13.2 Å². The van der Waals surface area contributed by atoms with Crippen LogP contribution >= 0.6 is 0 Å². The molecule has 1 amide bonds. The van der Waals surface area contributed by atoms with Crippen molar-refractivity contribution in [3.05, 3.63) is 0 Å². The first kappa shape index (κ1) is 58.1. The lowest BCUT2D eigenvalue weighted by Crippen LogP contribution is -2.61. The minimum Gasteiger partial charge on any atom is -0.394 e. The molecule has 1 aliphatic rings. The van der Waals surface area contributed by atoms with Crippen molar-refractivity contribution < 1.29 is 51.8 Å². The van der Waals surface area contributed by atoms with E-state index in [-0.39, 0.29) is 12.5 Å². The van der Waals surface area contributed by atoms with E-state index >= 15 is 0 Å². The number of amides is 1. The number of hydrogen-bond donors (Lipinski definition) is 6. The van der Waals surface area contributed by atoms with Crippen LogP contribution in [-0.4, -0.2) is 95.4 Å². The first-order valence-corrected chi connectivity index (χ1v) is 26.8. The van der Waals surface area contributed by atoms with Gasteiger partial charge in [0.2, 0.25) is 5.91 Å². The topological polar surface area (TPSA) is 192 Å². The third-order valence-electron chi connectivity index (χ3n) is 12.4. The van der Waals surface area contributed by atoms with Crippen LogP contribution < -0.4 is 5.32 Å². The summed E-state index contributed by atoms with van der Waals surface area (Å²) in [5, 5.41) is 44.9. The Hall–Kier alpha value is -0.900. The summed E-state index contributed by atoms with van der Waals surface area (Å²) in [6, 6.07) is -0.851. The van der Waals surface area contributed by atoms with Crippen molar-refractivity contribution in [2.24, 2.45) is 0 Å². The predicted octanol–water partition coefficient (Wildman–Crippen LogP) is 10.6. The van der Waals surface area contributed by atoms with Gasteiger partial charge in [0.05, 0.1) is 25.4 Å². The molecule has 7 unspecified atom stereocenters. The third kappa shape index (κ3) is 32.4. The van der Waals surface area contributed by atoms with E-state index in [0.717, 1.165) is 51.4 Å². The molecule has 1 aliphatic heterocycles. The van der Waals surface area contributed by atoms with Crippen LogP contribution in [0.3, 0.4) is 0 Å². The second-order valence-corrected chi connectivity index (χ2v) is 19.2. The lowest BCUT2D eigenvalue weighted by atomic mass is 9.99. The average Bonchev–Trinajstić information content (AvgIpc) is 3.23. The van der Waals surface area contributed by atoms with E-state index in [9.17, 15) is 38.2 Å². The molecule has 6 N–H and O–H groups in total. The van der Waals surface area contributed by atoms with E-state index in [1.54, 1.807) is 0 Å². The largest absolute Gasteiger partial charge is 0.397 e. The number of carbonyl (C=O) groups is 1. The summed E-state index contributed by atoms with van der Waals surface area (Å²) < 4.78 is 47.7. The van der Waals surface area contributed by atoms with Crippen LogP contribution in [0.4, 0.5) is 0 Å².